The van der Waals surface area contributed by atoms with Crippen molar-refractivity contribution >= 4 is 5.97 Å². The summed E-state index contributed by atoms with van der Waals surface area (Å²) in [6.07, 6.45) is 3.10. The van der Waals surface area contributed by atoms with Crippen LogP contribution in [-0.4, -0.2) is 23.7 Å². The maximum atomic E-state index is 12.0. The van der Waals surface area contributed by atoms with Gasteiger partial charge in [-0.15, -0.1) is 0 Å². The molecule has 1 N–H and O–H groups in total. The molecule has 2 fully saturated rings. The minimum Gasteiger partial charge on any atom is -0.459 e. The van der Waals surface area contributed by atoms with Gasteiger partial charge in [0, 0.05) is 0 Å². The minimum absolute atomic E-state index is 0.0509. The standard InChI is InChI=1S/C11H19NO2/c1-10(2,3)14-9(13)11-5-4-8(6-11)7-12-11/h8,12H,4-7H2,1-3H3. The van der Waals surface area contributed by atoms with Crippen molar-refractivity contribution in [3.8, 4) is 0 Å². The van der Waals surface area contributed by atoms with Gasteiger partial charge in [0.05, 0.1) is 0 Å². The van der Waals surface area contributed by atoms with Crippen LogP contribution in [0.2, 0.25) is 0 Å². The predicted molar refractivity (Wildman–Crippen MR) is 53.9 cm³/mol. The first kappa shape index (κ1) is 9.97. The molecule has 1 heterocycles. The molecule has 80 valence electrons. The fraction of sp³-hybridized carbons (Fsp3) is 0.909. The van der Waals surface area contributed by atoms with Crippen molar-refractivity contribution in [1.29, 1.82) is 0 Å². The van der Waals surface area contributed by atoms with Gasteiger partial charge in [0.2, 0.25) is 0 Å². The van der Waals surface area contributed by atoms with E-state index in [1.54, 1.807) is 0 Å². The molecule has 0 aromatic carbocycles. The molecule has 3 nitrogen and oxygen atoms in total. The minimum atomic E-state index is -0.367. The van der Waals surface area contributed by atoms with Gasteiger partial charge in [0.1, 0.15) is 11.1 Å². The number of hydrogen-bond donors (Lipinski definition) is 1. The van der Waals surface area contributed by atoms with Crippen molar-refractivity contribution in [2.75, 3.05) is 6.54 Å². The predicted octanol–water partition coefficient (Wildman–Crippen LogP) is 1.47. The molecular formula is C11H19NO2. The second kappa shape index (κ2) is 2.96. The highest BCUT2D eigenvalue weighted by atomic mass is 16.6. The molecule has 0 amide bonds. The van der Waals surface area contributed by atoms with Crippen molar-refractivity contribution in [3.05, 3.63) is 0 Å². The van der Waals surface area contributed by atoms with E-state index in [1.165, 1.54) is 6.42 Å². The number of piperidine rings is 1. The second-order valence-corrected chi connectivity index (χ2v) is 5.57. The summed E-state index contributed by atoms with van der Waals surface area (Å²) in [6.45, 7) is 6.74. The largest absolute Gasteiger partial charge is 0.459 e. The Morgan fingerprint density at radius 3 is 2.57 bits per heavy atom. The molecule has 0 aromatic heterocycles. The van der Waals surface area contributed by atoms with Crippen molar-refractivity contribution in [2.24, 2.45) is 5.92 Å². The van der Waals surface area contributed by atoms with Gasteiger partial charge < -0.3 is 10.1 Å². The Hall–Kier alpha value is -0.570. The Balaban J connectivity index is 2.04. The van der Waals surface area contributed by atoms with Crippen molar-refractivity contribution in [1.82, 2.24) is 5.32 Å². The van der Waals surface area contributed by atoms with Gasteiger partial charge in [0.25, 0.3) is 0 Å². The molecule has 2 unspecified atom stereocenters. The topological polar surface area (TPSA) is 38.3 Å². The Morgan fingerprint density at radius 2 is 2.21 bits per heavy atom. The van der Waals surface area contributed by atoms with Crippen LogP contribution in [0.4, 0.5) is 0 Å². The van der Waals surface area contributed by atoms with E-state index in [-0.39, 0.29) is 17.1 Å². The fourth-order valence-electron chi connectivity index (χ4n) is 2.46. The molecule has 14 heavy (non-hydrogen) atoms. The highest BCUT2D eigenvalue weighted by molar-refractivity contribution is 5.82. The first-order valence-corrected chi connectivity index (χ1v) is 5.40. The van der Waals surface area contributed by atoms with Crippen LogP contribution in [0, 0.1) is 5.92 Å². The molecule has 1 aliphatic carbocycles. The summed E-state index contributed by atoms with van der Waals surface area (Å²) in [5, 5.41) is 3.32. The maximum absolute atomic E-state index is 12.0. The molecule has 1 saturated carbocycles. The molecule has 2 atom stereocenters. The first-order chi connectivity index (χ1) is 6.41. The number of esters is 1. The number of nitrogens with one attached hydrogen (secondary N) is 1. The summed E-state index contributed by atoms with van der Waals surface area (Å²) in [5.74, 6) is 0.646. The summed E-state index contributed by atoms with van der Waals surface area (Å²) >= 11 is 0. The highest BCUT2D eigenvalue weighted by Crippen LogP contribution is 2.41. The lowest BCUT2D eigenvalue weighted by atomic mass is 9.99. The zero-order valence-corrected chi connectivity index (χ0v) is 9.22. The third kappa shape index (κ3) is 1.65. The van der Waals surface area contributed by atoms with E-state index in [0.717, 1.165) is 19.4 Å². The number of rotatable bonds is 1. The summed E-state index contributed by atoms with van der Waals surface area (Å²) in [4.78, 5) is 12.0. The number of fused-ring (bicyclic) bond motifs is 2. The molecule has 2 aliphatic rings. The van der Waals surface area contributed by atoms with Crippen LogP contribution in [0.25, 0.3) is 0 Å². The van der Waals surface area contributed by atoms with Crippen molar-refractivity contribution in [2.45, 2.75) is 51.2 Å². The number of carbonyl (C=O) groups excluding carboxylic acids is 1. The fourth-order valence-corrected chi connectivity index (χ4v) is 2.46. The molecule has 1 saturated heterocycles. The number of hydrogen-bond acceptors (Lipinski definition) is 3. The molecule has 0 spiro atoms. The number of carbonyl (C=O) groups is 1. The van der Waals surface area contributed by atoms with Crippen LogP contribution in [0.5, 0.6) is 0 Å². The van der Waals surface area contributed by atoms with E-state index in [2.05, 4.69) is 5.32 Å². The third-order valence-electron chi connectivity index (χ3n) is 3.14. The van der Waals surface area contributed by atoms with Gasteiger partial charge in [-0.25, -0.2) is 0 Å². The summed E-state index contributed by atoms with van der Waals surface area (Å²) in [6, 6.07) is 0. The third-order valence-corrected chi connectivity index (χ3v) is 3.14. The van der Waals surface area contributed by atoms with E-state index in [1.807, 2.05) is 20.8 Å². The van der Waals surface area contributed by atoms with E-state index < -0.39 is 0 Å². The van der Waals surface area contributed by atoms with Gasteiger partial charge >= 0.3 is 5.97 Å². The van der Waals surface area contributed by atoms with Crippen molar-refractivity contribution < 1.29 is 9.53 Å². The lowest BCUT2D eigenvalue weighted by molar-refractivity contribution is -0.162. The number of ether oxygens (including phenoxy) is 1. The molecule has 1 aliphatic heterocycles. The zero-order chi connectivity index (χ0) is 10.4. The molecule has 3 heteroatoms. The molecule has 0 aromatic rings. The zero-order valence-electron chi connectivity index (χ0n) is 9.22. The Labute approximate surface area is 85.2 Å². The Bertz CT molecular complexity index is 247. The van der Waals surface area contributed by atoms with E-state index in [0.29, 0.717) is 5.92 Å². The van der Waals surface area contributed by atoms with Gasteiger partial charge in [-0.3, -0.25) is 4.79 Å². The lowest BCUT2D eigenvalue weighted by Gasteiger charge is -2.30. The van der Waals surface area contributed by atoms with Gasteiger partial charge in [-0.1, -0.05) is 0 Å². The average Bonchev–Trinajstić information content (AvgIpc) is 2.60. The van der Waals surface area contributed by atoms with E-state index in [9.17, 15) is 4.79 Å². The Morgan fingerprint density at radius 1 is 1.50 bits per heavy atom. The van der Waals surface area contributed by atoms with Gasteiger partial charge in [-0.2, -0.15) is 0 Å². The van der Waals surface area contributed by atoms with Crippen LogP contribution >= 0.6 is 0 Å². The van der Waals surface area contributed by atoms with Crippen LogP contribution in [0.1, 0.15) is 40.0 Å². The van der Waals surface area contributed by atoms with E-state index in [4.69, 9.17) is 4.74 Å². The highest BCUT2D eigenvalue weighted by Gasteiger charge is 2.51. The van der Waals surface area contributed by atoms with Crippen molar-refractivity contribution in [3.63, 3.8) is 0 Å². The normalized spacial score (nSPS) is 36.1. The van der Waals surface area contributed by atoms with Gasteiger partial charge in [0.15, 0.2) is 0 Å². The summed E-state index contributed by atoms with van der Waals surface area (Å²) in [5.41, 5.74) is -0.702. The Kier molecular flexibility index (Phi) is 2.11. The first-order valence-electron chi connectivity index (χ1n) is 5.40. The molecule has 2 rings (SSSR count). The monoisotopic (exact) mass is 197 g/mol. The molecule has 0 radical (unpaired) electrons. The quantitative estimate of drug-likeness (QED) is 0.647. The summed E-state index contributed by atoms with van der Waals surface area (Å²) in [7, 11) is 0. The molecular weight excluding hydrogens is 178 g/mol. The smallest absolute Gasteiger partial charge is 0.326 e. The molecule has 2 bridgehead atoms. The van der Waals surface area contributed by atoms with Crippen LogP contribution < -0.4 is 5.32 Å². The maximum Gasteiger partial charge on any atom is 0.326 e. The van der Waals surface area contributed by atoms with Crippen LogP contribution in [0.15, 0.2) is 0 Å². The van der Waals surface area contributed by atoms with E-state index >= 15 is 0 Å². The summed E-state index contributed by atoms with van der Waals surface area (Å²) < 4.78 is 5.44. The lowest BCUT2D eigenvalue weighted by Crippen LogP contribution is -2.50. The SMILES string of the molecule is CC(C)(C)OC(=O)C12CCC(CN1)C2. The average molecular weight is 197 g/mol. The second-order valence-electron chi connectivity index (χ2n) is 5.57. The van der Waals surface area contributed by atoms with Crippen LogP contribution in [0.3, 0.4) is 0 Å². The van der Waals surface area contributed by atoms with Gasteiger partial charge in [-0.05, 0) is 52.5 Å². The van der Waals surface area contributed by atoms with Crippen LogP contribution in [-0.2, 0) is 9.53 Å².